The fourth-order valence-electron chi connectivity index (χ4n) is 0.609. The summed E-state index contributed by atoms with van der Waals surface area (Å²) < 4.78 is 67.8. The molecule has 14 heavy (non-hydrogen) atoms. The van der Waals surface area contributed by atoms with E-state index in [0.29, 0.717) is 0 Å². The lowest BCUT2D eigenvalue weighted by Crippen LogP contribution is -2.32. The van der Waals surface area contributed by atoms with Crippen LogP contribution >= 0.6 is 0 Å². The van der Waals surface area contributed by atoms with E-state index in [1.54, 1.807) is 0 Å². The SMILES string of the molecule is CCOCC(F)(F)COCC(F)(F)F. The predicted molar refractivity (Wildman–Crippen MR) is 38.3 cm³/mol. The summed E-state index contributed by atoms with van der Waals surface area (Å²) in [4.78, 5) is 0. The van der Waals surface area contributed by atoms with Crippen LogP contribution in [0, 0.1) is 0 Å². The molecule has 0 aromatic carbocycles. The smallest absolute Gasteiger partial charge is 0.375 e. The Morgan fingerprint density at radius 2 is 1.36 bits per heavy atom. The maximum Gasteiger partial charge on any atom is 0.411 e. The number of hydrogen-bond acceptors (Lipinski definition) is 2. The molecule has 86 valence electrons. The standard InChI is InChI=1S/C7H11F5O2/c1-2-13-3-6(8,9)4-14-5-7(10,11)12/h2-5H2,1H3. The number of hydrogen-bond donors (Lipinski definition) is 0. The van der Waals surface area contributed by atoms with Crippen LogP contribution in [0.2, 0.25) is 0 Å². The van der Waals surface area contributed by atoms with Gasteiger partial charge >= 0.3 is 6.18 Å². The summed E-state index contributed by atoms with van der Waals surface area (Å²) in [6.45, 7) is -2.30. The molecule has 0 amide bonds. The topological polar surface area (TPSA) is 18.5 Å². The highest BCUT2D eigenvalue weighted by molar-refractivity contribution is 4.64. The summed E-state index contributed by atoms with van der Waals surface area (Å²) >= 11 is 0. The molecule has 0 atom stereocenters. The highest BCUT2D eigenvalue weighted by Gasteiger charge is 2.33. The summed E-state index contributed by atoms with van der Waals surface area (Å²) in [5.74, 6) is -3.37. The third kappa shape index (κ3) is 8.18. The fourth-order valence-corrected chi connectivity index (χ4v) is 0.609. The van der Waals surface area contributed by atoms with Gasteiger partial charge in [-0.15, -0.1) is 0 Å². The van der Waals surface area contributed by atoms with E-state index >= 15 is 0 Å². The molecule has 0 aromatic heterocycles. The van der Waals surface area contributed by atoms with Crippen LogP contribution in [0.4, 0.5) is 22.0 Å². The Morgan fingerprint density at radius 3 is 1.79 bits per heavy atom. The molecule has 0 rings (SSSR count). The van der Waals surface area contributed by atoms with Crippen LogP contribution in [0.3, 0.4) is 0 Å². The Hall–Kier alpha value is -0.430. The van der Waals surface area contributed by atoms with E-state index in [4.69, 9.17) is 0 Å². The second kappa shape index (κ2) is 5.45. The quantitative estimate of drug-likeness (QED) is 0.641. The zero-order chi connectivity index (χ0) is 11.2. The lowest BCUT2D eigenvalue weighted by molar-refractivity contribution is -0.198. The van der Waals surface area contributed by atoms with Crippen LogP contribution in [0.25, 0.3) is 0 Å². The largest absolute Gasteiger partial charge is 0.411 e. The van der Waals surface area contributed by atoms with Crippen LogP contribution in [-0.4, -0.2) is 38.5 Å². The summed E-state index contributed by atoms with van der Waals surface area (Å²) in [7, 11) is 0. The number of halogens is 5. The first-order chi connectivity index (χ1) is 6.27. The van der Waals surface area contributed by atoms with Gasteiger partial charge in [-0.25, -0.2) is 8.78 Å². The second-order valence-electron chi connectivity index (χ2n) is 2.60. The molecule has 0 aliphatic carbocycles. The van der Waals surface area contributed by atoms with Crippen molar-refractivity contribution < 1.29 is 31.4 Å². The summed E-state index contributed by atoms with van der Waals surface area (Å²) in [5.41, 5.74) is 0. The highest BCUT2D eigenvalue weighted by Crippen LogP contribution is 2.18. The van der Waals surface area contributed by atoms with Gasteiger partial charge in [-0.05, 0) is 6.92 Å². The van der Waals surface area contributed by atoms with Crippen molar-refractivity contribution in [3.63, 3.8) is 0 Å². The molecule has 7 heteroatoms. The summed E-state index contributed by atoms with van der Waals surface area (Å²) in [5, 5.41) is 0. The lowest BCUT2D eigenvalue weighted by Gasteiger charge is -2.16. The Morgan fingerprint density at radius 1 is 0.857 bits per heavy atom. The van der Waals surface area contributed by atoms with Crippen molar-refractivity contribution in [1.82, 2.24) is 0 Å². The van der Waals surface area contributed by atoms with Crippen molar-refractivity contribution in [2.24, 2.45) is 0 Å². The van der Waals surface area contributed by atoms with Gasteiger partial charge in [-0.1, -0.05) is 0 Å². The molecule has 0 radical (unpaired) electrons. The molecule has 0 bridgehead atoms. The van der Waals surface area contributed by atoms with Crippen LogP contribution < -0.4 is 0 Å². The van der Waals surface area contributed by atoms with E-state index in [0.717, 1.165) is 0 Å². The molecular weight excluding hydrogens is 211 g/mol. The van der Waals surface area contributed by atoms with Gasteiger partial charge in [0.1, 0.15) is 19.8 Å². The predicted octanol–water partition coefficient (Wildman–Crippen LogP) is 2.24. The molecule has 0 saturated heterocycles. The van der Waals surface area contributed by atoms with Crippen molar-refractivity contribution in [3.8, 4) is 0 Å². The number of rotatable bonds is 6. The van der Waals surface area contributed by atoms with Crippen molar-refractivity contribution in [1.29, 1.82) is 0 Å². The van der Waals surface area contributed by atoms with Gasteiger partial charge in [0.05, 0.1) is 0 Å². The molecule has 0 aliphatic rings. The number of ether oxygens (including phenoxy) is 2. The minimum Gasteiger partial charge on any atom is -0.375 e. The Bertz CT molecular complexity index is 157. The number of alkyl halides is 5. The monoisotopic (exact) mass is 222 g/mol. The van der Waals surface area contributed by atoms with E-state index in [1.165, 1.54) is 6.92 Å². The van der Waals surface area contributed by atoms with E-state index < -0.39 is 31.9 Å². The van der Waals surface area contributed by atoms with Gasteiger partial charge in [0.15, 0.2) is 0 Å². The van der Waals surface area contributed by atoms with Crippen molar-refractivity contribution in [2.75, 3.05) is 26.4 Å². The lowest BCUT2D eigenvalue weighted by atomic mass is 10.4. The van der Waals surface area contributed by atoms with Gasteiger partial charge in [-0.3, -0.25) is 0 Å². The Labute approximate surface area is 78.0 Å². The first-order valence-corrected chi connectivity index (χ1v) is 3.87. The normalized spacial score (nSPS) is 13.3. The molecule has 0 aliphatic heterocycles. The molecule has 0 N–H and O–H groups in total. The molecule has 0 heterocycles. The van der Waals surface area contributed by atoms with Crippen molar-refractivity contribution in [2.45, 2.75) is 19.0 Å². The Balaban J connectivity index is 3.65. The zero-order valence-corrected chi connectivity index (χ0v) is 7.53. The van der Waals surface area contributed by atoms with Gasteiger partial charge < -0.3 is 9.47 Å². The van der Waals surface area contributed by atoms with Gasteiger partial charge in [-0.2, -0.15) is 13.2 Å². The maximum atomic E-state index is 12.6. The van der Waals surface area contributed by atoms with Crippen LogP contribution in [0.1, 0.15) is 6.92 Å². The summed E-state index contributed by atoms with van der Waals surface area (Å²) in [6, 6.07) is 0. The van der Waals surface area contributed by atoms with Crippen LogP contribution in [0.5, 0.6) is 0 Å². The molecule has 0 unspecified atom stereocenters. The van der Waals surface area contributed by atoms with Gasteiger partial charge in [0.2, 0.25) is 0 Å². The third-order valence-corrected chi connectivity index (χ3v) is 1.10. The van der Waals surface area contributed by atoms with E-state index in [9.17, 15) is 22.0 Å². The maximum absolute atomic E-state index is 12.6. The van der Waals surface area contributed by atoms with E-state index in [2.05, 4.69) is 9.47 Å². The van der Waals surface area contributed by atoms with Crippen LogP contribution in [0.15, 0.2) is 0 Å². The minimum atomic E-state index is -4.58. The molecule has 0 aromatic rings. The Kier molecular flexibility index (Phi) is 5.28. The van der Waals surface area contributed by atoms with Crippen molar-refractivity contribution in [3.05, 3.63) is 0 Å². The molecule has 2 nitrogen and oxygen atoms in total. The molecule has 0 spiro atoms. The van der Waals surface area contributed by atoms with E-state index in [1.807, 2.05) is 0 Å². The second-order valence-corrected chi connectivity index (χ2v) is 2.60. The van der Waals surface area contributed by atoms with Crippen LogP contribution in [-0.2, 0) is 9.47 Å². The molecule has 0 fully saturated rings. The minimum absolute atomic E-state index is 0.0782. The van der Waals surface area contributed by atoms with Gasteiger partial charge in [0.25, 0.3) is 5.92 Å². The average Bonchev–Trinajstić information content (AvgIpc) is 1.98. The van der Waals surface area contributed by atoms with Crippen molar-refractivity contribution >= 4 is 0 Å². The van der Waals surface area contributed by atoms with Gasteiger partial charge in [0, 0.05) is 6.61 Å². The zero-order valence-electron chi connectivity index (χ0n) is 7.53. The molecule has 0 saturated carbocycles. The first-order valence-electron chi connectivity index (χ1n) is 3.87. The third-order valence-electron chi connectivity index (χ3n) is 1.10. The first kappa shape index (κ1) is 13.6. The average molecular weight is 222 g/mol. The molecular formula is C7H11F5O2. The summed E-state index contributed by atoms with van der Waals surface area (Å²) in [6.07, 6.45) is -4.58. The van der Waals surface area contributed by atoms with E-state index in [-0.39, 0.29) is 6.61 Å². The fraction of sp³-hybridized carbons (Fsp3) is 1.00. The highest BCUT2D eigenvalue weighted by atomic mass is 19.4.